The van der Waals surface area contributed by atoms with Crippen molar-refractivity contribution in [3.8, 4) is 0 Å². The molecule has 0 aromatic rings. The Morgan fingerprint density at radius 2 is 2.00 bits per heavy atom. The summed E-state index contributed by atoms with van der Waals surface area (Å²) in [5.41, 5.74) is 0.480. The van der Waals surface area contributed by atoms with E-state index in [9.17, 15) is 0 Å². The Kier molecular flexibility index (Phi) is 2.58. The van der Waals surface area contributed by atoms with Crippen molar-refractivity contribution in [1.82, 2.24) is 4.90 Å². The highest BCUT2D eigenvalue weighted by Crippen LogP contribution is 2.25. The Labute approximate surface area is 70.8 Å². The zero-order valence-corrected chi connectivity index (χ0v) is 8.35. The van der Waals surface area contributed by atoms with Gasteiger partial charge in [-0.05, 0) is 24.8 Å². The predicted octanol–water partition coefficient (Wildman–Crippen LogP) is 2.52. The first kappa shape index (κ1) is 9.05. The summed E-state index contributed by atoms with van der Waals surface area (Å²) in [6.07, 6.45) is 2.75. The van der Waals surface area contributed by atoms with Gasteiger partial charge in [-0.15, -0.1) is 0 Å². The fourth-order valence-electron chi connectivity index (χ4n) is 1.77. The van der Waals surface area contributed by atoms with Crippen LogP contribution in [0.4, 0.5) is 0 Å². The van der Waals surface area contributed by atoms with Gasteiger partial charge in [0.15, 0.2) is 0 Å². The van der Waals surface area contributed by atoms with Crippen molar-refractivity contribution >= 4 is 0 Å². The first-order valence-corrected chi connectivity index (χ1v) is 4.77. The average molecular weight is 155 g/mol. The SMILES string of the molecule is CC[C@@H]1CCN1CC(C)(C)C. The summed E-state index contributed by atoms with van der Waals surface area (Å²) in [5, 5.41) is 0. The highest BCUT2D eigenvalue weighted by molar-refractivity contribution is 4.84. The summed E-state index contributed by atoms with van der Waals surface area (Å²) < 4.78 is 0. The minimum atomic E-state index is 0.480. The number of nitrogens with zero attached hydrogens (tertiary/aromatic N) is 1. The van der Waals surface area contributed by atoms with Crippen LogP contribution in [0.5, 0.6) is 0 Å². The van der Waals surface area contributed by atoms with Crippen LogP contribution in [0.1, 0.15) is 40.5 Å². The molecule has 1 rings (SSSR count). The topological polar surface area (TPSA) is 3.24 Å². The molecule has 0 spiro atoms. The molecule has 11 heavy (non-hydrogen) atoms. The van der Waals surface area contributed by atoms with Gasteiger partial charge < -0.3 is 0 Å². The third-order valence-electron chi connectivity index (χ3n) is 2.41. The van der Waals surface area contributed by atoms with Crippen LogP contribution in [0.3, 0.4) is 0 Å². The number of hydrogen-bond acceptors (Lipinski definition) is 1. The summed E-state index contributed by atoms with van der Waals surface area (Å²) in [6, 6.07) is 0.897. The minimum absolute atomic E-state index is 0.480. The summed E-state index contributed by atoms with van der Waals surface area (Å²) in [5.74, 6) is 0. The van der Waals surface area contributed by atoms with Crippen molar-refractivity contribution in [1.29, 1.82) is 0 Å². The molecule has 1 heteroatoms. The van der Waals surface area contributed by atoms with Gasteiger partial charge in [-0.3, -0.25) is 4.90 Å². The Balaban J connectivity index is 2.27. The Morgan fingerprint density at radius 3 is 2.27 bits per heavy atom. The second-order valence-corrected chi connectivity index (χ2v) is 4.88. The van der Waals surface area contributed by atoms with E-state index in [-0.39, 0.29) is 0 Å². The van der Waals surface area contributed by atoms with E-state index in [1.165, 1.54) is 25.9 Å². The molecule has 1 nitrogen and oxygen atoms in total. The highest BCUT2D eigenvalue weighted by atomic mass is 15.2. The maximum absolute atomic E-state index is 2.61. The van der Waals surface area contributed by atoms with Gasteiger partial charge in [0.25, 0.3) is 0 Å². The predicted molar refractivity (Wildman–Crippen MR) is 49.7 cm³/mol. The molecule has 0 N–H and O–H groups in total. The summed E-state index contributed by atoms with van der Waals surface area (Å²) in [6.45, 7) is 11.8. The van der Waals surface area contributed by atoms with E-state index < -0.39 is 0 Å². The molecule has 0 unspecified atom stereocenters. The van der Waals surface area contributed by atoms with Gasteiger partial charge >= 0.3 is 0 Å². The highest BCUT2D eigenvalue weighted by Gasteiger charge is 2.29. The third kappa shape index (κ3) is 2.48. The molecule has 0 radical (unpaired) electrons. The normalized spacial score (nSPS) is 26.7. The average Bonchev–Trinajstić information content (AvgIpc) is 1.80. The van der Waals surface area contributed by atoms with Crippen LogP contribution < -0.4 is 0 Å². The van der Waals surface area contributed by atoms with Crippen LogP contribution in [0.15, 0.2) is 0 Å². The first-order chi connectivity index (χ1) is 5.03. The van der Waals surface area contributed by atoms with E-state index in [1.807, 2.05) is 0 Å². The fraction of sp³-hybridized carbons (Fsp3) is 1.00. The fourth-order valence-corrected chi connectivity index (χ4v) is 1.77. The van der Waals surface area contributed by atoms with Crippen molar-refractivity contribution in [3.05, 3.63) is 0 Å². The molecule has 0 aliphatic carbocycles. The van der Waals surface area contributed by atoms with E-state index in [2.05, 4.69) is 32.6 Å². The molecule has 66 valence electrons. The molecular formula is C10H21N. The van der Waals surface area contributed by atoms with Crippen molar-refractivity contribution in [2.45, 2.75) is 46.6 Å². The second kappa shape index (κ2) is 3.14. The smallest absolute Gasteiger partial charge is 0.0105 e. The van der Waals surface area contributed by atoms with Gasteiger partial charge in [-0.1, -0.05) is 27.7 Å². The van der Waals surface area contributed by atoms with Crippen LogP contribution in [0.25, 0.3) is 0 Å². The Bertz CT molecular complexity index is 121. The van der Waals surface area contributed by atoms with Gasteiger partial charge in [0.2, 0.25) is 0 Å². The molecule has 1 heterocycles. The van der Waals surface area contributed by atoms with Crippen molar-refractivity contribution in [2.24, 2.45) is 5.41 Å². The van der Waals surface area contributed by atoms with Crippen LogP contribution in [-0.4, -0.2) is 24.0 Å². The Morgan fingerprint density at radius 1 is 1.36 bits per heavy atom. The third-order valence-corrected chi connectivity index (χ3v) is 2.41. The monoisotopic (exact) mass is 155 g/mol. The van der Waals surface area contributed by atoms with Gasteiger partial charge in [-0.25, -0.2) is 0 Å². The Hall–Kier alpha value is -0.0400. The molecule has 1 atom stereocenters. The lowest BCUT2D eigenvalue weighted by atomic mass is 9.91. The maximum atomic E-state index is 2.61. The second-order valence-electron chi connectivity index (χ2n) is 4.88. The molecule has 0 aromatic carbocycles. The largest absolute Gasteiger partial charge is 0.300 e. The van der Waals surface area contributed by atoms with Gasteiger partial charge in [0, 0.05) is 12.6 Å². The van der Waals surface area contributed by atoms with Crippen LogP contribution in [-0.2, 0) is 0 Å². The van der Waals surface area contributed by atoms with E-state index in [1.54, 1.807) is 0 Å². The van der Waals surface area contributed by atoms with Crippen LogP contribution >= 0.6 is 0 Å². The molecule has 0 aromatic heterocycles. The number of rotatable bonds is 2. The quantitative estimate of drug-likeness (QED) is 0.592. The van der Waals surface area contributed by atoms with Gasteiger partial charge in [-0.2, -0.15) is 0 Å². The van der Waals surface area contributed by atoms with Gasteiger partial charge in [0.1, 0.15) is 0 Å². The summed E-state index contributed by atoms with van der Waals surface area (Å²) in [4.78, 5) is 2.61. The molecule has 1 saturated heterocycles. The first-order valence-electron chi connectivity index (χ1n) is 4.77. The molecular weight excluding hydrogens is 134 g/mol. The molecule has 0 bridgehead atoms. The molecule has 0 amide bonds. The van der Waals surface area contributed by atoms with E-state index in [0.29, 0.717) is 5.41 Å². The summed E-state index contributed by atoms with van der Waals surface area (Å²) >= 11 is 0. The van der Waals surface area contributed by atoms with Gasteiger partial charge in [0.05, 0.1) is 0 Å². The molecule has 1 fully saturated rings. The lowest BCUT2D eigenvalue weighted by molar-refractivity contribution is 0.0514. The van der Waals surface area contributed by atoms with Crippen LogP contribution in [0, 0.1) is 5.41 Å². The summed E-state index contributed by atoms with van der Waals surface area (Å²) in [7, 11) is 0. The zero-order valence-electron chi connectivity index (χ0n) is 8.35. The van der Waals surface area contributed by atoms with E-state index >= 15 is 0 Å². The van der Waals surface area contributed by atoms with E-state index in [0.717, 1.165) is 6.04 Å². The standard InChI is InChI=1S/C10H21N/c1-5-9-6-7-11(9)8-10(2,3)4/h9H,5-8H2,1-4H3/t9-/m1/s1. The molecule has 0 saturated carbocycles. The van der Waals surface area contributed by atoms with Crippen molar-refractivity contribution in [2.75, 3.05) is 13.1 Å². The van der Waals surface area contributed by atoms with Crippen LogP contribution in [0.2, 0.25) is 0 Å². The minimum Gasteiger partial charge on any atom is -0.300 e. The number of likely N-dealkylation sites (tertiary alicyclic amines) is 1. The zero-order chi connectivity index (χ0) is 8.48. The van der Waals surface area contributed by atoms with E-state index in [4.69, 9.17) is 0 Å². The lowest BCUT2D eigenvalue weighted by Crippen LogP contribution is -2.50. The van der Waals surface area contributed by atoms with Crippen molar-refractivity contribution < 1.29 is 0 Å². The van der Waals surface area contributed by atoms with Crippen molar-refractivity contribution in [3.63, 3.8) is 0 Å². The number of hydrogen-bond donors (Lipinski definition) is 0. The lowest BCUT2D eigenvalue weighted by Gasteiger charge is -2.44. The molecule has 1 aliphatic rings. The maximum Gasteiger partial charge on any atom is 0.0105 e. The molecule has 1 aliphatic heterocycles.